The normalized spacial score (nSPS) is 16.4. The molecule has 0 radical (unpaired) electrons. The van der Waals surface area contributed by atoms with E-state index < -0.39 is 0 Å². The number of aryl methyl sites for hydroxylation is 1. The molecular formula is C15H20ClN5. The van der Waals surface area contributed by atoms with E-state index in [4.69, 9.17) is 11.6 Å². The molecule has 1 aliphatic rings. The van der Waals surface area contributed by atoms with Gasteiger partial charge in [0.2, 0.25) is 5.95 Å². The number of piperidine rings is 1. The van der Waals surface area contributed by atoms with Crippen molar-refractivity contribution in [2.75, 3.05) is 25.0 Å². The highest BCUT2D eigenvalue weighted by atomic mass is 35.5. The zero-order valence-corrected chi connectivity index (χ0v) is 13.1. The summed E-state index contributed by atoms with van der Waals surface area (Å²) >= 11 is 6.35. The van der Waals surface area contributed by atoms with Crippen LogP contribution in [0.15, 0.2) is 18.2 Å². The monoisotopic (exact) mass is 305 g/mol. The van der Waals surface area contributed by atoms with Gasteiger partial charge in [-0.3, -0.25) is 5.10 Å². The Morgan fingerprint density at radius 2 is 2.10 bits per heavy atom. The second-order valence-electron chi connectivity index (χ2n) is 5.47. The predicted octanol–water partition coefficient (Wildman–Crippen LogP) is 2.62. The Bertz CT molecular complexity index is 616. The molecule has 0 unspecified atom stereocenters. The third-order valence-corrected chi connectivity index (χ3v) is 4.61. The number of H-pyrrole nitrogens is 1. The maximum Gasteiger partial charge on any atom is 0.245 e. The molecule has 6 heteroatoms. The van der Waals surface area contributed by atoms with Gasteiger partial charge in [-0.25, -0.2) is 0 Å². The molecule has 0 aliphatic carbocycles. The van der Waals surface area contributed by atoms with E-state index in [1.54, 1.807) is 0 Å². The molecule has 3 rings (SSSR count). The molecule has 0 spiro atoms. The molecule has 1 aliphatic heterocycles. The second-order valence-corrected chi connectivity index (χ2v) is 5.85. The van der Waals surface area contributed by atoms with Crippen molar-refractivity contribution in [3.63, 3.8) is 0 Å². The number of nitrogens with one attached hydrogen (secondary N) is 2. The van der Waals surface area contributed by atoms with Crippen LogP contribution in [0.5, 0.6) is 0 Å². The molecule has 2 aromatic rings. The van der Waals surface area contributed by atoms with Gasteiger partial charge in [0.1, 0.15) is 0 Å². The molecule has 21 heavy (non-hydrogen) atoms. The second kappa shape index (κ2) is 6.03. The third kappa shape index (κ3) is 2.89. The Morgan fingerprint density at radius 3 is 2.81 bits per heavy atom. The number of aromatic nitrogens is 3. The van der Waals surface area contributed by atoms with E-state index in [2.05, 4.69) is 25.4 Å². The summed E-state index contributed by atoms with van der Waals surface area (Å²) in [6.07, 6.45) is 2.23. The summed E-state index contributed by atoms with van der Waals surface area (Å²) in [5, 5.41) is 11.4. The van der Waals surface area contributed by atoms with E-state index >= 15 is 0 Å². The number of benzene rings is 1. The highest BCUT2D eigenvalue weighted by Gasteiger charge is 2.21. The average molecular weight is 306 g/mol. The van der Waals surface area contributed by atoms with Crippen molar-refractivity contribution in [1.29, 1.82) is 0 Å². The minimum Gasteiger partial charge on any atom is -0.339 e. The standard InChI is InChI=1S/C15H20ClN5/c1-10-4-3-5-12(13(10)16)14-18-15(20-19-14)21-8-6-11(17-2)7-9-21/h3-5,11,17H,6-9H2,1-2H3,(H,18,19,20). The number of anilines is 1. The lowest BCUT2D eigenvalue weighted by Gasteiger charge is -2.30. The van der Waals surface area contributed by atoms with Gasteiger partial charge >= 0.3 is 0 Å². The lowest BCUT2D eigenvalue weighted by molar-refractivity contribution is 0.439. The summed E-state index contributed by atoms with van der Waals surface area (Å²) in [7, 11) is 2.02. The molecule has 2 N–H and O–H groups in total. The van der Waals surface area contributed by atoms with Crippen LogP contribution in [0, 0.1) is 6.92 Å². The SMILES string of the molecule is CNC1CCN(c2n[nH]c(-c3cccc(C)c3Cl)n2)CC1. The number of aromatic amines is 1. The van der Waals surface area contributed by atoms with Crippen molar-refractivity contribution in [2.45, 2.75) is 25.8 Å². The molecule has 1 fully saturated rings. The van der Waals surface area contributed by atoms with Crippen LogP contribution in [0.25, 0.3) is 11.4 Å². The molecule has 0 bridgehead atoms. The molecule has 1 saturated heterocycles. The van der Waals surface area contributed by atoms with Crippen molar-refractivity contribution in [2.24, 2.45) is 0 Å². The van der Waals surface area contributed by atoms with Gasteiger partial charge in [0.15, 0.2) is 5.82 Å². The van der Waals surface area contributed by atoms with Crippen molar-refractivity contribution in [3.05, 3.63) is 28.8 Å². The molecule has 0 amide bonds. The van der Waals surface area contributed by atoms with Gasteiger partial charge in [-0.1, -0.05) is 23.7 Å². The molecule has 1 aromatic carbocycles. The molecular weight excluding hydrogens is 286 g/mol. The van der Waals surface area contributed by atoms with Crippen molar-refractivity contribution < 1.29 is 0 Å². The van der Waals surface area contributed by atoms with Crippen molar-refractivity contribution in [1.82, 2.24) is 20.5 Å². The van der Waals surface area contributed by atoms with Crippen LogP contribution in [0.3, 0.4) is 0 Å². The lowest BCUT2D eigenvalue weighted by atomic mass is 10.1. The van der Waals surface area contributed by atoms with Gasteiger partial charge in [0.25, 0.3) is 0 Å². The third-order valence-electron chi connectivity index (χ3n) is 4.11. The number of halogens is 1. The molecule has 2 heterocycles. The molecule has 0 saturated carbocycles. The van der Waals surface area contributed by atoms with Gasteiger partial charge in [0, 0.05) is 24.7 Å². The first-order valence-electron chi connectivity index (χ1n) is 7.29. The fourth-order valence-electron chi connectivity index (χ4n) is 2.71. The Morgan fingerprint density at radius 1 is 1.33 bits per heavy atom. The average Bonchev–Trinajstić information content (AvgIpc) is 3.00. The number of hydrogen-bond acceptors (Lipinski definition) is 4. The first-order chi connectivity index (χ1) is 10.2. The Balaban J connectivity index is 1.79. The minimum atomic E-state index is 0.603. The van der Waals surface area contributed by atoms with Gasteiger partial charge in [-0.05, 0) is 38.4 Å². The van der Waals surface area contributed by atoms with Gasteiger partial charge in [0.05, 0.1) is 5.02 Å². The lowest BCUT2D eigenvalue weighted by Crippen LogP contribution is -2.41. The van der Waals surface area contributed by atoms with E-state index in [-0.39, 0.29) is 0 Å². The zero-order chi connectivity index (χ0) is 14.8. The summed E-state index contributed by atoms with van der Waals surface area (Å²) in [5.74, 6) is 1.49. The maximum atomic E-state index is 6.35. The van der Waals surface area contributed by atoms with E-state index in [0.717, 1.165) is 53.9 Å². The Labute approximate surface area is 129 Å². The van der Waals surface area contributed by atoms with Gasteiger partial charge in [-0.15, -0.1) is 5.10 Å². The predicted molar refractivity (Wildman–Crippen MR) is 85.9 cm³/mol. The van der Waals surface area contributed by atoms with E-state index in [9.17, 15) is 0 Å². The highest BCUT2D eigenvalue weighted by Crippen LogP contribution is 2.29. The fraction of sp³-hybridized carbons (Fsp3) is 0.467. The largest absolute Gasteiger partial charge is 0.339 e. The van der Waals surface area contributed by atoms with Gasteiger partial charge in [-0.2, -0.15) is 4.98 Å². The van der Waals surface area contributed by atoms with Crippen LogP contribution >= 0.6 is 11.6 Å². The van der Waals surface area contributed by atoms with Gasteiger partial charge < -0.3 is 10.2 Å². The van der Waals surface area contributed by atoms with E-state index in [1.165, 1.54) is 0 Å². The summed E-state index contributed by atoms with van der Waals surface area (Å²) in [6, 6.07) is 6.54. The first-order valence-corrected chi connectivity index (χ1v) is 7.67. The maximum absolute atomic E-state index is 6.35. The molecule has 0 atom stereocenters. The Hall–Kier alpha value is -1.59. The quantitative estimate of drug-likeness (QED) is 0.915. The zero-order valence-electron chi connectivity index (χ0n) is 12.4. The van der Waals surface area contributed by atoms with E-state index in [1.807, 2.05) is 32.2 Å². The summed E-state index contributed by atoms with van der Waals surface area (Å²) < 4.78 is 0. The Kier molecular flexibility index (Phi) is 4.12. The topological polar surface area (TPSA) is 56.8 Å². The minimum absolute atomic E-state index is 0.603. The molecule has 112 valence electrons. The number of nitrogens with zero attached hydrogens (tertiary/aromatic N) is 3. The fourth-order valence-corrected chi connectivity index (χ4v) is 2.93. The smallest absolute Gasteiger partial charge is 0.245 e. The summed E-state index contributed by atoms with van der Waals surface area (Å²) in [5.41, 5.74) is 1.95. The number of hydrogen-bond donors (Lipinski definition) is 2. The first kappa shape index (κ1) is 14.4. The molecule has 5 nitrogen and oxygen atoms in total. The van der Waals surface area contributed by atoms with E-state index in [0.29, 0.717) is 6.04 Å². The highest BCUT2D eigenvalue weighted by molar-refractivity contribution is 6.33. The van der Waals surface area contributed by atoms with Crippen LogP contribution in [-0.4, -0.2) is 41.4 Å². The van der Waals surface area contributed by atoms with Crippen LogP contribution in [0.4, 0.5) is 5.95 Å². The van der Waals surface area contributed by atoms with Crippen molar-refractivity contribution >= 4 is 17.5 Å². The number of rotatable bonds is 3. The van der Waals surface area contributed by atoms with Crippen LogP contribution in [-0.2, 0) is 0 Å². The van der Waals surface area contributed by atoms with Crippen LogP contribution < -0.4 is 10.2 Å². The molecule has 1 aromatic heterocycles. The van der Waals surface area contributed by atoms with Crippen molar-refractivity contribution in [3.8, 4) is 11.4 Å². The summed E-state index contributed by atoms with van der Waals surface area (Å²) in [4.78, 5) is 6.83. The van der Waals surface area contributed by atoms with Crippen LogP contribution in [0.1, 0.15) is 18.4 Å². The summed E-state index contributed by atoms with van der Waals surface area (Å²) in [6.45, 7) is 3.94. The van der Waals surface area contributed by atoms with Crippen LogP contribution in [0.2, 0.25) is 5.02 Å².